The first-order valence-corrected chi connectivity index (χ1v) is 13.7. The number of carbonyl (C=O) groups excluding carboxylic acids is 2. The largest absolute Gasteiger partial charge is 0.326 e. The van der Waals surface area contributed by atoms with Gasteiger partial charge >= 0.3 is 6.03 Å². The zero-order chi connectivity index (χ0) is 24.6. The van der Waals surface area contributed by atoms with Crippen molar-refractivity contribution in [2.24, 2.45) is 0 Å². The van der Waals surface area contributed by atoms with E-state index in [-0.39, 0.29) is 12.6 Å². The second-order valence-electron chi connectivity index (χ2n) is 9.93. The molecule has 0 bridgehead atoms. The number of sulfonamides is 1. The van der Waals surface area contributed by atoms with Gasteiger partial charge < -0.3 is 5.32 Å². The van der Waals surface area contributed by atoms with Gasteiger partial charge in [-0.1, -0.05) is 36.4 Å². The first-order chi connectivity index (χ1) is 16.8. The number of benzene rings is 2. The fourth-order valence-electron chi connectivity index (χ4n) is 5.25. The lowest BCUT2D eigenvalue weighted by Gasteiger charge is -2.35. The second kappa shape index (κ2) is 9.37. The van der Waals surface area contributed by atoms with Gasteiger partial charge in [0.25, 0.3) is 5.91 Å². The molecular formula is C26H32N4O4S. The molecular weight excluding hydrogens is 464 g/mol. The van der Waals surface area contributed by atoms with E-state index in [0.29, 0.717) is 43.9 Å². The van der Waals surface area contributed by atoms with Crippen molar-refractivity contribution >= 4 is 22.0 Å². The molecule has 9 heteroatoms. The van der Waals surface area contributed by atoms with Crippen LogP contribution < -0.4 is 5.32 Å². The maximum absolute atomic E-state index is 13.2. The summed E-state index contributed by atoms with van der Waals surface area (Å²) in [5, 5.41) is 2.87. The van der Waals surface area contributed by atoms with Crippen molar-refractivity contribution in [3.63, 3.8) is 0 Å². The summed E-state index contributed by atoms with van der Waals surface area (Å²) in [6.07, 6.45) is 4.23. The number of rotatable bonds is 7. The van der Waals surface area contributed by atoms with Gasteiger partial charge in [0.05, 0.1) is 11.6 Å². The van der Waals surface area contributed by atoms with Crippen molar-refractivity contribution in [2.45, 2.75) is 49.5 Å². The lowest BCUT2D eigenvalue weighted by molar-refractivity contribution is -0.132. The summed E-state index contributed by atoms with van der Waals surface area (Å²) < 4.78 is 27.9. The van der Waals surface area contributed by atoms with Crippen molar-refractivity contribution in [1.82, 2.24) is 19.4 Å². The molecule has 1 N–H and O–H groups in total. The van der Waals surface area contributed by atoms with Crippen LogP contribution in [0.1, 0.15) is 36.5 Å². The summed E-state index contributed by atoms with van der Waals surface area (Å²) in [6.45, 7) is 3.52. The molecule has 0 saturated carbocycles. The first kappa shape index (κ1) is 24.0. The Morgan fingerprint density at radius 3 is 2.40 bits per heavy atom. The molecule has 1 aliphatic carbocycles. The van der Waals surface area contributed by atoms with Crippen molar-refractivity contribution in [2.75, 3.05) is 32.8 Å². The fourth-order valence-corrected chi connectivity index (χ4v) is 6.73. The van der Waals surface area contributed by atoms with Crippen LogP contribution in [-0.2, 0) is 34.1 Å². The minimum absolute atomic E-state index is 0.165. The Hall–Kier alpha value is -2.75. The van der Waals surface area contributed by atoms with E-state index in [1.165, 1.54) is 14.8 Å². The molecule has 35 heavy (non-hydrogen) atoms. The molecule has 2 heterocycles. The Morgan fingerprint density at radius 2 is 1.66 bits per heavy atom. The zero-order valence-corrected chi connectivity index (χ0v) is 20.9. The third-order valence-electron chi connectivity index (χ3n) is 7.48. The number of hydrogen-bond donors (Lipinski definition) is 1. The van der Waals surface area contributed by atoms with Crippen molar-refractivity contribution in [3.8, 4) is 0 Å². The zero-order valence-electron chi connectivity index (χ0n) is 20.1. The van der Waals surface area contributed by atoms with Crippen LogP contribution in [0.2, 0.25) is 0 Å². The highest BCUT2D eigenvalue weighted by atomic mass is 32.2. The van der Waals surface area contributed by atoms with E-state index in [0.717, 1.165) is 30.4 Å². The van der Waals surface area contributed by atoms with Crippen molar-refractivity contribution < 1.29 is 18.0 Å². The van der Waals surface area contributed by atoms with Gasteiger partial charge in [0.1, 0.15) is 5.54 Å². The highest BCUT2D eigenvalue weighted by molar-refractivity contribution is 7.89. The number of aryl methyl sites for hydroxylation is 3. The van der Waals surface area contributed by atoms with Gasteiger partial charge in [-0.25, -0.2) is 18.1 Å². The number of imide groups is 1. The number of urea groups is 1. The van der Waals surface area contributed by atoms with Crippen LogP contribution in [-0.4, -0.2) is 72.8 Å². The lowest BCUT2D eigenvalue weighted by atomic mass is 9.93. The van der Waals surface area contributed by atoms with Gasteiger partial charge in [-0.3, -0.25) is 9.69 Å². The second-order valence-corrected chi connectivity index (χ2v) is 11.9. The van der Waals surface area contributed by atoms with Gasteiger partial charge in [-0.2, -0.15) is 4.31 Å². The smallest absolute Gasteiger partial charge is 0.323 e. The summed E-state index contributed by atoms with van der Waals surface area (Å²) in [7, 11) is -3.56. The molecule has 2 fully saturated rings. The van der Waals surface area contributed by atoms with Crippen molar-refractivity contribution in [3.05, 3.63) is 65.2 Å². The van der Waals surface area contributed by atoms with Crippen LogP contribution in [0.4, 0.5) is 4.79 Å². The summed E-state index contributed by atoms with van der Waals surface area (Å²) in [4.78, 5) is 29.4. The molecule has 5 rings (SSSR count). The van der Waals surface area contributed by atoms with Gasteiger partial charge in [0.2, 0.25) is 10.0 Å². The van der Waals surface area contributed by atoms with Crippen molar-refractivity contribution in [1.29, 1.82) is 0 Å². The summed E-state index contributed by atoms with van der Waals surface area (Å²) >= 11 is 0. The van der Waals surface area contributed by atoms with Crippen LogP contribution >= 0.6 is 0 Å². The maximum atomic E-state index is 13.2. The van der Waals surface area contributed by atoms with Gasteiger partial charge in [0, 0.05) is 26.2 Å². The minimum Gasteiger partial charge on any atom is -0.323 e. The van der Waals surface area contributed by atoms with E-state index in [1.807, 2.05) is 47.4 Å². The maximum Gasteiger partial charge on any atom is 0.326 e. The van der Waals surface area contributed by atoms with Crippen LogP contribution in [0, 0.1) is 0 Å². The average Bonchev–Trinajstić information content (AvgIpc) is 3.42. The number of nitrogens with one attached hydrogen (secondary N) is 1. The Kier molecular flexibility index (Phi) is 6.41. The monoisotopic (exact) mass is 496 g/mol. The third-order valence-corrected chi connectivity index (χ3v) is 9.38. The molecule has 0 aromatic heterocycles. The molecule has 2 aromatic carbocycles. The normalized spacial score (nSPS) is 23.5. The summed E-state index contributed by atoms with van der Waals surface area (Å²) in [5.41, 5.74) is 2.57. The number of amides is 3. The van der Waals surface area contributed by atoms with Gasteiger partial charge in [-0.05, 0) is 67.9 Å². The number of fused-ring (bicyclic) bond motifs is 1. The molecule has 2 aliphatic heterocycles. The highest BCUT2D eigenvalue weighted by Gasteiger charge is 2.48. The van der Waals surface area contributed by atoms with Crippen LogP contribution in [0.5, 0.6) is 0 Å². The van der Waals surface area contributed by atoms with Crippen LogP contribution in [0.3, 0.4) is 0 Å². The standard InChI is InChI=1S/C26H32N4O4S/c1-26(13-12-20-6-3-2-4-7-20)24(31)30(25(32)27-26)19-28-14-16-29(17-15-28)35(33,34)23-11-10-21-8-5-9-22(21)18-23/h2-4,6-7,10-11,18H,5,8-9,12-17,19H2,1H3,(H,27,32)/t26-/m1/s1. The molecule has 8 nitrogen and oxygen atoms in total. The quantitative estimate of drug-likeness (QED) is 0.595. The van der Waals surface area contributed by atoms with E-state index in [1.54, 1.807) is 13.0 Å². The minimum atomic E-state index is -3.56. The Morgan fingerprint density at radius 1 is 0.943 bits per heavy atom. The SMILES string of the molecule is C[C@]1(CCc2ccccc2)NC(=O)N(CN2CCN(S(=O)(=O)c3ccc4c(c3)CCC4)CC2)C1=O. The topological polar surface area (TPSA) is 90.0 Å². The molecule has 186 valence electrons. The van der Waals surface area contributed by atoms with E-state index in [4.69, 9.17) is 0 Å². The van der Waals surface area contributed by atoms with Gasteiger partial charge in [-0.15, -0.1) is 0 Å². The molecule has 2 aromatic rings. The molecule has 3 amide bonds. The molecule has 3 aliphatic rings. The van der Waals surface area contributed by atoms with E-state index < -0.39 is 21.6 Å². The molecule has 0 radical (unpaired) electrons. The highest BCUT2D eigenvalue weighted by Crippen LogP contribution is 2.27. The Balaban J connectivity index is 1.18. The molecule has 1 atom stereocenters. The molecule has 0 spiro atoms. The molecule has 2 saturated heterocycles. The number of piperazine rings is 1. The first-order valence-electron chi connectivity index (χ1n) is 12.3. The number of nitrogens with zero attached hydrogens (tertiary/aromatic N) is 3. The lowest BCUT2D eigenvalue weighted by Crippen LogP contribution is -2.53. The van der Waals surface area contributed by atoms with Crippen LogP contribution in [0.25, 0.3) is 0 Å². The number of carbonyl (C=O) groups is 2. The predicted octanol–water partition coefficient (Wildman–Crippen LogP) is 2.38. The van der Waals surface area contributed by atoms with E-state index >= 15 is 0 Å². The average molecular weight is 497 g/mol. The van der Waals surface area contributed by atoms with E-state index in [9.17, 15) is 18.0 Å². The number of hydrogen-bond acceptors (Lipinski definition) is 5. The van der Waals surface area contributed by atoms with Gasteiger partial charge in [0.15, 0.2) is 0 Å². The summed E-state index contributed by atoms with van der Waals surface area (Å²) in [5.74, 6) is -0.230. The summed E-state index contributed by atoms with van der Waals surface area (Å²) in [6, 6.07) is 15.0. The fraction of sp³-hybridized carbons (Fsp3) is 0.462. The Bertz CT molecular complexity index is 1230. The Labute approximate surface area is 206 Å². The predicted molar refractivity (Wildman–Crippen MR) is 132 cm³/mol. The van der Waals surface area contributed by atoms with Crippen LogP contribution in [0.15, 0.2) is 53.4 Å². The molecule has 0 unspecified atom stereocenters. The third kappa shape index (κ3) is 4.72. The van der Waals surface area contributed by atoms with E-state index in [2.05, 4.69) is 5.32 Å².